The summed E-state index contributed by atoms with van der Waals surface area (Å²) in [7, 11) is -3.87. The Balaban J connectivity index is 2.39. The lowest BCUT2D eigenvalue weighted by atomic mass is 10.2. The Morgan fingerprint density at radius 1 is 1.37 bits per heavy atom. The van der Waals surface area contributed by atoms with E-state index in [4.69, 9.17) is 5.11 Å². The van der Waals surface area contributed by atoms with Crippen molar-refractivity contribution in [3.63, 3.8) is 0 Å². The molecule has 1 aromatic carbocycles. The lowest BCUT2D eigenvalue weighted by Gasteiger charge is -2.12. The fraction of sp³-hybridized carbons (Fsp3) is 0.167. The molecule has 0 aliphatic carbocycles. The van der Waals surface area contributed by atoms with Gasteiger partial charge >= 0.3 is 5.97 Å². The van der Waals surface area contributed by atoms with Crippen molar-refractivity contribution in [2.75, 3.05) is 6.54 Å². The number of amides is 1. The molecule has 1 heterocycles. The van der Waals surface area contributed by atoms with Crippen LogP contribution >= 0.6 is 0 Å². The van der Waals surface area contributed by atoms with Crippen LogP contribution in [0.5, 0.6) is 0 Å². The average Bonchev–Trinajstić information content (AvgIpc) is 2.56. The van der Waals surface area contributed by atoms with E-state index in [9.17, 15) is 18.0 Å². The van der Waals surface area contributed by atoms with Crippen LogP contribution in [-0.4, -0.2) is 36.3 Å². The Bertz CT molecular complexity index is 690. The molecule has 0 bridgehead atoms. The summed E-state index contributed by atoms with van der Waals surface area (Å²) >= 11 is 0. The van der Waals surface area contributed by atoms with E-state index in [1.165, 1.54) is 31.2 Å². The Labute approximate surface area is 110 Å². The molecule has 19 heavy (non-hydrogen) atoms. The predicted molar refractivity (Wildman–Crippen MR) is 66.1 cm³/mol. The third-order valence-electron chi connectivity index (χ3n) is 2.81. The maximum atomic E-state index is 12.1. The first kappa shape index (κ1) is 13.3. The molecule has 2 rings (SSSR count). The molecule has 0 saturated carbocycles. The van der Waals surface area contributed by atoms with Crippen LogP contribution in [0.25, 0.3) is 0 Å². The summed E-state index contributed by atoms with van der Waals surface area (Å²) in [5.41, 5.74) is 0.0998. The monoisotopic (exact) mass is 281 g/mol. The number of carboxylic acids is 1. The van der Waals surface area contributed by atoms with E-state index >= 15 is 0 Å². The fourth-order valence-electron chi connectivity index (χ4n) is 1.72. The number of carbonyl (C=O) groups excluding carboxylic acids is 1. The topological polar surface area (TPSA) is 91.8 Å². The smallest absolute Gasteiger partial charge is 0.331 e. The second-order valence-electron chi connectivity index (χ2n) is 4.03. The summed E-state index contributed by atoms with van der Waals surface area (Å²) in [6, 6.07) is 5.90. The number of nitrogens with zero attached hydrogens (tertiary/aromatic N) is 1. The van der Waals surface area contributed by atoms with Crippen LogP contribution in [-0.2, 0) is 14.8 Å². The van der Waals surface area contributed by atoms with Crippen molar-refractivity contribution in [2.24, 2.45) is 0 Å². The summed E-state index contributed by atoms with van der Waals surface area (Å²) in [5.74, 6) is -1.79. The molecule has 0 saturated heterocycles. The van der Waals surface area contributed by atoms with Crippen LogP contribution in [0.2, 0.25) is 0 Å². The van der Waals surface area contributed by atoms with Crippen LogP contribution in [0.3, 0.4) is 0 Å². The minimum atomic E-state index is -3.87. The molecular weight excluding hydrogens is 270 g/mol. The van der Waals surface area contributed by atoms with Crippen molar-refractivity contribution in [3.05, 3.63) is 41.5 Å². The summed E-state index contributed by atoms with van der Waals surface area (Å²) < 4.78 is 24.9. The van der Waals surface area contributed by atoms with Crippen LogP contribution < -0.4 is 0 Å². The van der Waals surface area contributed by atoms with Gasteiger partial charge in [-0.05, 0) is 19.1 Å². The first-order chi connectivity index (χ1) is 8.85. The van der Waals surface area contributed by atoms with Crippen molar-refractivity contribution >= 4 is 21.9 Å². The molecule has 1 aliphatic rings. The van der Waals surface area contributed by atoms with Gasteiger partial charge < -0.3 is 5.11 Å². The van der Waals surface area contributed by atoms with Gasteiger partial charge in [0.1, 0.15) is 4.90 Å². The molecule has 0 unspecified atom stereocenters. The zero-order chi connectivity index (χ0) is 14.2. The van der Waals surface area contributed by atoms with Crippen LogP contribution in [0.15, 0.2) is 40.8 Å². The zero-order valence-corrected chi connectivity index (χ0v) is 10.8. The normalized spacial score (nSPS) is 17.4. The van der Waals surface area contributed by atoms with Gasteiger partial charge in [-0.2, -0.15) is 0 Å². The fourth-order valence-corrected chi connectivity index (χ4v) is 3.23. The quantitative estimate of drug-likeness (QED) is 0.830. The predicted octanol–water partition coefficient (Wildman–Crippen LogP) is 0.862. The van der Waals surface area contributed by atoms with E-state index in [0.29, 0.717) is 4.31 Å². The lowest BCUT2D eigenvalue weighted by molar-refractivity contribution is -0.132. The van der Waals surface area contributed by atoms with Crippen LogP contribution in [0.4, 0.5) is 0 Å². The van der Waals surface area contributed by atoms with Gasteiger partial charge in [0.15, 0.2) is 0 Å². The lowest BCUT2D eigenvalue weighted by Crippen LogP contribution is -2.30. The number of fused-ring (bicyclic) bond motifs is 1. The maximum absolute atomic E-state index is 12.1. The van der Waals surface area contributed by atoms with Crippen molar-refractivity contribution < 1.29 is 23.1 Å². The first-order valence-corrected chi connectivity index (χ1v) is 6.86. The number of carboxylic acid groups (broad SMARTS) is 1. The summed E-state index contributed by atoms with van der Waals surface area (Å²) in [6.07, 6.45) is 1.20. The number of hydrogen-bond donors (Lipinski definition) is 1. The highest BCUT2D eigenvalue weighted by atomic mass is 32.2. The van der Waals surface area contributed by atoms with Crippen LogP contribution in [0, 0.1) is 0 Å². The Kier molecular flexibility index (Phi) is 3.15. The van der Waals surface area contributed by atoms with Gasteiger partial charge in [-0.25, -0.2) is 17.5 Å². The molecule has 100 valence electrons. The third kappa shape index (κ3) is 2.12. The minimum absolute atomic E-state index is 0.0149. The first-order valence-electron chi connectivity index (χ1n) is 5.42. The minimum Gasteiger partial charge on any atom is -0.478 e. The van der Waals surface area contributed by atoms with Crippen molar-refractivity contribution in [1.82, 2.24) is 4.31 Å². The molecule has 1 aromatic rings. The molecule has 0 fully saturated rings. The molecule has 1 amide bonds. The van der Waals surface area contributed by atoms with Crippen molar-refractivity contribution in [3.8, 4) is 0 Å². The Morgan fingerprint density at radius 3 is 2.58 bits per heavy atom. The van der Waals surface area contributed by atoms with E-state index in [1.54, 1.807) is 6.07 Å². The zero-order valence-electron chi connectivity index (χ0n) is 10.0. The molecule has 0 spiro atoms. The molecule has 1 aliphatic heterocycles. The second kappa shape index (κ2) is 4.51. The molecule has 0 aromatic heterocycles. The van der Waals surface area contributed by atoms with Gasteiger partial charge in [0.25, 0.3) is 15.9 Å². The highest BCUT2D eigenvalue weighted by Gasteiger charge is 2.40. The molecule has 0 radical (unpaired) electrons. The maximum Gasteiger partial charge on any atom is 0.331 e. The molecule has 7 heteroatoms. The standard InChI is InChI=1S/C12H11NO5S/c1-8(12(15)16)6-7-13-11(14)9-4-2-3-5-10(9)19(13,17)18/h2-6H,7H2,1H3,(H,15,16). The highest BCUT2D eigenvalue weighted by molar-refractivity contribution is 7.90. The number of rotatable bonds is 3. The molecular formula is C12H11NO5S. The van der Waals surface area contributed by atoms with E-state index in [0.717, 1.165) is 0 Å². The SMILES string of the molecule is CC(=CCN1C(=O)c2ccccc2S1(=O)=O)C(=O)O. The van der Waals surface area contributed by atoms with Crippen molar-refractivity contribution in [1.29, 1.82) is 0 Å². The highest BCUT2D eigenvalue weighted by Crippen LogP contribution is 2.29. The average molecular weight is 281 g/mol. The summed E-state index contributed by atoms with van der Waals surface area (Å²) in [4.78, 5) is 22.6. The summed E-state index contributed by atoms with van der Waals surface area (Å²) in [6.45, 7) is 1.05. The Morgan fingerprint density at radius 2 is 2.00 bits per heavy atom. The van der Waals surface area contributed by atoms with Gasteiger partial charge in [0, 0.05) is 5.57 Å². The molecule has 6 nitrogen and oxygen atoms in total. The van der Waals surface area contributed by atoms with Gasteiger partial charge in [-0.15, -0.1) is 0 Å². The number of benzene rings is 1. The van der Waals surface area contributed by atoms with Crippen molar-refractivity contribution in [2.45, 2.75) is 11.8 Å². The second-order valence-corrected chi connectivity index (χ2v) is 5.86. The van der Waals surface area contributed by atoms with E-state index in [-0.39, 0.29) is 22.6 Å². The van der Waals surface area contributed by atoms with Gasteiger partial charge in [-0.1, -0.05) is 18.2 Å². The number of sulfonamides is 1. The Hall–Kier alpha value is -2.15. The number of carbonyl (C=O) groups is 2. The molecule has 1 N–H and O–H groups in total. The van der Waals surface area contributed by atoms with Gasteiger partial charge in [0.2, 0.25) is 0 Å². The molecule has 0 atom stereocenters. The number of hydrogen-bond acceptors (Lipinski definition) is 4. The van der Waals surface area contributed by atoms with E-state index in [1.807, 2.05) is 0 Å². The van der Waals surface area contributed by atoms with Crippen LogP contribution in [0.1, 0.15) is 17.3 Å². The van der Waals surface area contributed by atoms with Gasteiger partial charge in [-0.3, -0.25) is 4.79 Å². The van der Waals surface area contributed by atoms with Gasteiger partial charge in [0.05, 0.1) is 12.1 Å². The van der Waals surface area contributed by atoms with E-state index < -0.39 is 21.9 Å². The summed E-state index contributed by atoms with van der Waals surface area (Å²) in [5, 5.41) is 8.70. The van der Waals surface area contributed by atoms with E-state index in [2.05, 4.69) is 0 Å². The third-order valence-corrected chi connectivity index (χ3v) is 4.62. The number of aliphatic carboxylic acids is 1. The largest absolute Gasteiger partial charge is 0.478 e.